The minimum atomic E-state index is -3.67. The van der Waals surface area contributed by atoms with Gasteiger partial charge in [-0.15, -0.1) is 0 Å². The fraction of sp³-hybridized carbons (Fsp3) is 0.0833. The molecule has 0 saturated heterocycles. The van der Waals surface area contributed by atoms with Crippen LogP contribution in [0.3, 0.4) is 0 Å². The number of pyridine rings is 1. The molecule has 0 spiro atoms. The van der Waals surface area contributed by atoms with Crippen LogP contribution in [0, 0.1) is 6.92 Å². The molecule has 0 bridgehead atoms. The molecular weight excluding hydrogens is 352 g/mol. The van der Waals surface area contributed by atoms with E-state index in [1.807, 2.05) is 13.0 Å². The first kappa shape index (κ1) is 14.3. The van der Waals surface area contributed by atoms with Crippen LogP contribution in [0.4, 0.5) is 5.69 Å². The van der Waals surface area contributed by atoms with Crippen molar-refractivity contribution in [1.29, 1.82) is 0 Å². The molecule has 0 radical (unpaired) electrons. The Morgan fingerprint density at radius 2 is 2.00 bits per heavy atom. The van der Waals surface area contributed by atoms with E-state index in [9.17, 15) is 8.42 Å². The number of rotatable bonds is 3. The summed E-state index contributed by atoms with van der Waals surface area (Å²) in [6.07, 6.45) is 1.22. The van der Waals surface area contributed by atoms with Gasteiger partial charge in [0.05, 0.1) is 5.69 Å². The first-order valence-electron chi connectivity index (χ1n) is 5.29. The van der Waals surface area contributed by atoms with E-state index in [4.69, 9.17) is 11.6 Å². The van der Waals surface area contributed by atoms with E-state index >= 15 is 0 Å². The zero-order chi connectivity index (χ0) is 14.0. The van der Waals surface area contributed by atoms with Crippen LogP contribution >= 0.6 is 27.5 Å². The highest BCUT2D eigenvalue weighted by atomic mass is 79.9. The van der Waals surface area contributed by atoms with E-state index in [2.05, 4.69) is 25.6 Å². The minimum Gasteiger partial charge on any atom is -0.278 e. The van der Waals surface area contributed by atoms with E-state index < -0.39 is 10.0 Å². The Balaban J connectivity index is 2.36. The van der Waals surface area contributed by atoms with Gasteiger partial charge in [0.25, 0.3) is 10.0 Å². The summed E-state index contributed by atoms with van der Waals surface area (Å²) in [6, 6.07) is 8.24. The molecule has 0 amide bonds. The Hall–Kier alpha value is -1.11. The van der Waals surface area contributed by atoms with Crippen molar-refractivity contribution >= 4 is 43.2 Å². The lowest BCUT2D eigenvalue weighted by molar-refractivity contribution is 0.601. The third-order valence-electron chi connectivity index (χ3n) is 2.38. The topological polar surface area (TPSA) is 59.1 Å². The summed E-state index contributed by atoms with van der Waals surface area (Å²) in [5, 5.41) is 0.246. The molecule has 0 atom stereocenters. The van der Waals surface area contributed by atoms with Crippen LogP contribution in [0.25, 0.3) is 0 Å². The van der Waals surface area contributed by atoms with E-state index in [1.165, 1.54) is 18.3 Å². The third kappa shape index (κ3) is 3.46. The number of hydrogen-bond donors (Lipinski definition) is 1. The monoisotopic (exact) mass is 360 g/mol. The summed E-state index contributed by atoms with van der Waals surface area (Å²) < 4.78 is 27.5. The number of nitrogens with one attached hydrogen (secondary N) is 1. The van der Waals surface area contributed by atoms with Gasteiger partial charge in [-0.3, -0.25) is 4.72 Å². The Kier molecular flexibility index (Phi) is 4.13. The number of anilines is 1. The molecular formula is C12H10BrClN2O2S. The van der Waals surface area contributed by atoms with Crippen LogP contribution < -0.4 is 4.72 Å². The average Bonchev–Trinajstić information content (AvgIpc) is 2.34. The van der Waals surface area contributed by atoms with Gasteiger partial charge in [0.1, 0.15) is 10.0 Å². The van der Waals surface area contributed by atoms with Gasteiger partial charge in [0.15, 0.2) is 0 Å². The van der Waals surface area contributed by atoms with Crippen LogP contribution in [-0.4, -0.2) is 13.4 Å². The number of aromatic nitrogens is 1. The molecule has 1 aromatic carbocycles. The normalized spacial score (nSPS) is 11.3. The molecule has 1 aromatic heterocycles. The molecule has 0 saturated carbocycles. The second kappa shape index (κ2) is 5.48. The minimum absolute atomic E-state index is 0.0605. The number of sulfonamides is 1. The van der Waals surface area contributed by atoms with Crippen molar-refractivity contribution in [2.24, 2.45) is 0 Å². The molecule has 0 aliphatic carbocycles. The second-order valence-corrected chi connectivity index (χ2v) is 6.83. The van der Waals surface area contributed by atoms with Crippen LogP contribution in [0.2, 0.25) is 5.15 Å². The molecule has 0 unspecified atom stereocenters. The zero-order valence-corrected chi connectivity index (χ0v) is 13.1. The largest absolute Gasteiger partial charge is 0.278 e. The number of benzene rings is 1. The highest BCUT2D eigenvalue weighted by Gasteiger charge is 2.16. The molecule has 0 fully saturated rings. The fourth-order valence-corrected chi connectivity index (χ4v) is 3.05. The molecule has 2 rings (SSSR count). The molecule has 1 heterocycles. The van der Waals surface area contributed by atoms with Gasteiger partial charge in [-0.1, -0.05) is 17.7 Å². The summed E-state index contributed by atoms with van der Waals surface area (Å²) in [4.78, 5) is 3.82. The SMILES string of the molecule is Cc1ccc(Br)c(NS(=O)(=O)c2ccc(Cl)nc2)c1. The first-order valence-corrected chi connectivity index (χ1v) is 7.94. The van der Waals surface area contributed by atoms with Crippen molar-refractivity contribution in [2.75, 3.05) is 4.72 Å². The van der Waals surface area contributed by atoms with Gasteiger partial charge >= 0.3 is 0 Å². The molecule has 1 N–H and O–H groups in total. The van der Waals surface area contributed by atoms with Gasteiger partial charge in [0.2, 0.25) is 0 Å². The smallest absolute Gasteiger partial charge is 0.263 e. The molecule has 100 valence electrons. The summed E-state index contributed by atoms with van der Waals surface area (Å²) in [6.45, 7) is 1.88. The number of hydrogen-bond acceptors (Lipinski definition) is 3. The lowest BCUT2D eigenvalue weighted by atomic mass is 10.2. The van der Waals surface area contributed by atoms with Crippen molar-refractivity contribution in [3.8, 4) is 0 Å². The van der Waals surface area contributed by atoms with Gasteiger partial charge in [-0.2, -0.15) is 0 Å². The quantitative estimate of drug-likeness (QED) is 0.850. The lowest BCUT2D eigenvalue weighted by Crippen LogP contribution is -2.13. The second-order valence-electron chi connectivity index (χ2n) is 3.91. The van der Waals surface area contributed by atoms with E-state index in [0.29, 0.717) is 10.2 Å². The standard InChI is InChI=1S/C12H10BrClN2O2S/c1-8-2-4-10(13)11(6-8)16-19(17,18)9-3-5-12(14)15-7-9/h2-7,16H,1H3. The van der Waals surface area contributed by atoms with Crippen LogP contribution in [0.15, 0.2) is 45.9 Å². The van der Waals surface area contributed by atoms with Crippen LogP contribution in [0.5, 0.6) is 0 Å². The van der Waals surface area contributed by atoms with Crippen LogP contribution in [-0.2, 0) is 10.0 Å². The number of halogens is 2. The molecule has 0 aliphatic rings. The van der Waals surface area contributed by atoms with E-state index in [0.717, 1.165) is 5.56 Å². The van der Waals surface area contributed by atoms with Crippen LogP contribution in [0.1, 0.15) is 5.56 Å². The molecule has 7 heteroatoms. The van der Waals surface area contributed by atoms with Gasteiger partial charge < -0.3 is 0 Å². The number of aryl methyl sites for hydroxylation is 1. The molecule has 2 aromatic rings. The van der Waals surface area contributed by atoms with Gasteiger partial charge in [-0.05, 0) is 52.7 Å². The van der Waals surface area contributed by atoms with Crippen molar-refractivity contribution in [3.63, 3.8) is 0 Å². The van der Waals surface area contributed by atoms with Crippen molar-refractivity contribution in [3.05, 3.63) is 51.7 Å². The maximum absolute atomic E-state index is 12.2. The summed E-state index contributed by atoms with van der Waals surface area (Å²) in [5.41, 5.74) is 1.44. The maximum Gasteiger partial charge on any atom is 0.263 e. The van der Waals surface area contributed by atoms with E-state index in [-0.39, 0.29) is 10.0 Å². The predicted molar refractivity (Wildman–Crippen MR) is 78.9 cm³/mol. The Morgan fingerprint density at radius 3 is 2.63 bits per heavy atom. The summed E-state index contributed by atoms with van der Waals surface area (Å²) in [7, 11) is -3.67. The molecule has 19 heavy (non-hydrogen) atoms. The maximum atomic E-state index is 12.2. The third-order valence-corrected chi connectivity index (χ3v) is 4.64. The Bertz CT molecular complexity index is 702. The fourth-order valence-electron chi connectivity index (χ4n) is 1.44. The highest BCUT2D eigenvalue weighted by Crippen LogP contribution is 2.26. The zero-order valence-electron chi connectivity index (χ0n) is 9.89. The number of nitrogens with zero attached hydrogens (tertiary/aromatic N) is 1. The summed E-state index contributed by atoms with van der Waals surface area (Å²) >= 11 is 8.94. The highest BCUT2D eigenvalue weighted by molar-refractivity contribution is 9.10. The van der Waals surface area contributed by atoms with Crippen molar-refractivity contribution in [1.82, 2.24) is 4.98 Å². The molecule has 4 nitrogen and oxygen atoms in total. The lowest BCUT2D eigenvalue weighted by Gasteiger charge is -2.10. The van der Waals surface area contributed by atoms with Gasteiger partial charge in [0, 0.05) is 10.7 Å². The summed E-state index contributed by atoms with van der Waals surface area (Å²) in [5.74, 6) is 0. The molecule has 0 aliphatic heterocycles. The van der Waals surface area contributed by atoms with Gasteiger partial charge in [-0.25, -0.2) is 13.4 Å². The van der Waals surface area contributed by atoms with Crippen molar-refractivity contribution < 1.29 is 8.42 Å². The van der Waals surface area contributed by atoms with Crippen molar-refractivity contribution in [2.45, 2.75) is 11.8 Å². The Morgan fingerprint density at radius 1 is 1.26 bits per heavy atom. The average molecular weight is 362 g/mol. The Labute approximate surface area is 125 Å². The first-order chi connectivity index (χ1) is 8.88. The predicted octanol–water partition coefficient (Wildman–Crippen LogP) is 3.61. The van der Waals surface area contributed by atoms with E-state index in [1.54, 1.807) is 12.1 Å².